The summed E-state index contributed by atoms with van der Waals surface area (Å²) in [6, 6.07) is 9.20. The van der Waals surface area contributed by atoms with Crippen LogP contribution in [0.25, 0.3) is 16.0 Å². The highest BCUT2D eigenvalue weighted by molar-refractivity contribution is 7.98. The van der Waals surface area contributed by atoms with Crippen LogP contribution in [0.1, 0.15) is 13.8 Å². The van der Waals surface area contributed by atoms with Crippen LogP contribution >= 0.6 is 23.1 Å². The fourth-order valence-corrected chi connectivity index (χ4v) is 4.59. The highest BCUT2D eigenvalue weighted by Crippen LogP contribution is 2.19. The minimum Gasteiger partial charge on any atom is -0.324 e. The number of carbonyl (C=O) groups excluding carboxylic acids is 1. The third-order valence-corrected chi connectivity index (χ3v) is 6.20. The molecule has 0 aliphatic rings. The predicted octanol–water partition coefficient (Wildman–Crippen LogP) is 2.89. The van der Waals surface area contributed by atoms with Crippen molar-refractivity contribution in [1.29, 1.82) is 0 Å². The van der Waals surface area contributed by atoms with Crippen LogP contribution in [0.15, 0.2) is 50.2 Å². The molecule has 3 heterocycles. The van der Waals surface area contributed by atoms with Crippen molar-refractivity contribution in [3.63, 3.8) is 0 Å². The SMILES string of the molecule is CSc1cccc(NC(=O)Cn2nc3n(CC(C)C)c(=O)c4sccc4n3c2=O)c1. The molecule has 1 amide bonds. The fraction of sp³-hybridized carbons (Fsp3) is 0.300. The molecule has 1 N–H and O–H groups in total. The molecule has 0 fully saturated rings. The maximum atomic E-state index is 13.0. The number of nitrogens with one attached hydrogen (secondary N) is 1. The van der Waals surface area contributed by atoms with Gasteiger partial charge in [0, 0.05) is 17.1 Å². The number of fused-ring (bicyclic) bond motifs is 3. The van der Waals surface area contributed by atoms with E-state index in [9.17, 15) is 14.4 Å². The van der Waals surface area contributed by atoms with Crippen molar-refractivity contribution in [3.05, 3.63) is 56.5 Å². The van der Waals surface area contributed by atoms with Gasteiger partial charge in [0.1, 0.15) is 11.2 Å². The van der Waals surface area contributed by atoms with Gasteiger partial charge in [-0.05, 0) is 41.8 Å². The average molecular weight is 444 g/mol. The second-order valence-electron chi connectivity index (χ2n) is 7.30. The molecule has 0 saturated heterocycles. The summed E-state index contributed by atoms with van der Waals surface area (Å²) < 4.78 is 4.54. The minimum atomic E-state index is -0.445. The summed E-state index contributed by atoms with van der Waals surface area (Å²) in [4.78, 5) is 39.5. The van der Waals surface area contributed by atoms with Crippen LogP contribution in [0.2, 0.25) is 0 Å². The third-order valence-electron chi connectivity index (χ3n) is 4.58. The van der Waals surface area contributed by atoms with E-state index >= 15 is 0 Å². The van der Waals surface area contributed by atoms with Crippen LogP contribution in [0.3, 0.4) is 0 Å². The predicted molar refractivity (Wildman–Crippen MR) is 121 cm³/mol. The molecule has 3 aromatic heterocycles. The summed E-state index contributed by atoms with van der Waals surface area (Å²) in [7, 11) is 0. The molecule has 0 aliphatic carbocycles. The first-order valence-corrected chi connectivity index (χ1v) is 11.5. The van der Waals surface area contributed by atoms with Gasteiger partial charge in [-0.3, -0.25) is 14.2 Å². The van der Waals surface area contributed by atoms with Crippen LogP contribution in [0, 0.1) is 5.92 Å². The third kappa shape index (κ3) is 3.68. The van der Waals surface area contributed by atoms with Crippen LogP contribution in [0.4, 0.5) is 5.69 Å². The molecule has 156 valence electrons. The van der Waals surface area contributed by atoms with Gasteiger partial charge in [-0.15, -0.1) is 28.2 Å². The molecule has 0 bridgehead atoms. The lowest BCUT2D eigenvalue weighted by Crippen LogP contribution is -2.29. The topological polar surface area (TPSA) is 90.4 Å². The smallest absolute Gasteiger partial charge is 0.324 e. The molecular formula is C20H21N5O3S2. The fourth-order valence-electron chi connectivity index (χ4n) is 3.30. The van der Waals surface area contributed by atoms with E-state index in [0.29, 0.717) is 22.4 Å². The molecule has 4 aromatic rings. The standard InChI is InChI=1S/C20H21N5O3S2/c1-12(2)10-23-18(27)17-15(7-8-30-17)25-19(23)22-24(20(25)28)11-16(26)21-13-5-4-6-14(9-13)29-3/h4-9,12H,10-11H2,1-3H3,(H,21,26). The second kappa shape index (κ2) is 8.11. The van der Waals surface area contributed by atoms with Gasteiger partial charge in [0.25, 0.3) is 5.56 Å². The highest BCUT2D eigenvalue weighted by Gasteiger charge is 2.20. The number of rotatable bonds is 6. The van der Waals surface area contributed by atoms with Gasteiger partial charge in [-0.2, -0.15) is 0 Å². The number of amides is 1. The highest BCUT2D eigenvalue weighted by atomic mass is 32.2. The second-order valence-corrected chi connectivity index (χ2v) is 9.10. The molecule has 0 aliphatic heterocycles. The Bertz CT molecular complexity index is 1360. The molecule has 1 aromatic carbocycles. The minimum absolute atomic E-state index is 0.170. The summed E-state index contributed by atoms with van der Waals surface area (Å²) in [6.07, 6.45) is 1.96. The number of benzene rings is 1. The first-order chi connectivity index (χ1) is 14.4. The molecule has 30 heavy (non-hydrogen) atoms. The first-order valence-electron chi connectivity index (χ1n) is 9.42. The number of hydrogen-bond donors (Lipinski definition) is 1. The Labute approximate surface area is 180 Å². The number of thioether (sulfide) groups is 1. The van der Waals surface area contributed by atoms with Crippen LogP contribution in [0.5, 0.6) is 0 Å². The summed E-state index contributed by atoms with van der Waals surface area (Å²) in [5.41, 5.74) is 0.556. The number of thiophene rings is 1. The largest absolute Gasteiger partial charge is 0.352 e. The van der Waals surface area contributed by atoms with Gasteiger partial charge in [-0.1, -0.05) is 19.9 Å². The van der Waals surface area contributed by atoms with Gasteiger partial charge in [-0.25, -0.2) is 13.9 Å². The number of hydrogen-bond acceptors (Lipinski definition) is 6. The maximum Gasteiger partial charge on any atom is 0.352 e. The normalized spacial score (nSPS) is 11.6. The number of aromatic nitrogens is 4. The van der Waals surface area contributed by atoms with Gasteiger partial charge in [0.15, 0.2) is 0 Å². The van der Waals surface area contributed by atoms with Crippen molar-refractivity contribution >= 4 is 50.7 Å². The molecule has 0 saturated carbocycles. The van der Waals surface area contributed by atoms with Gasteiger partial charge in [0.05, 0.1) is 5.52 Å². The number of carbonyl (C=O) groups is 1. The lowest BCUT2D eigenvalue weighted by atomic mass is 10.2. The lowest BCUT2D eigenvalue weighted by molar-refractivity contribution is -0.117. The van der Waals surface area contributed by atoms with E-state index in [1.807, 2.05) is 38.3 Å². The van der Waals surface area contributed by atoms with E-state index in [4.69, 9.17) is 0 Å². The van der Waals surface area contributed by atoms with E-state index in [1.165, 1.54) is 20.3 Å². The molecule has 4 rings (SSSR count). The summed E-state index contributed by atoms with van der Waals surface area (Å²) in [6.45, 7) is 4.17. The molecule has 0 atom stereocenters. The molecule has 0 radical (unpaired) electrons. The van der Waals surface area contributed by atoms with Crippen molar-refractivity contribution in [3.8, 4) is 0 Å². The number of nitrogens with zero attached hydrogens (tertiary/aromatic N) is 4. The molecular weight excluding hydrogens is 422 g/mol. The first kappa shape index (κ1) is 20.4. The monoisotopic (exact) mass is 443 g/mol. The zero-order chi connectivity index (χ0) is 21.4. The Kier molecular flexibility index (Phi) is 5.52. The molecule has 0 unspecified atom stereocenters. The summed E-state index contributed by atoms with van der Waals surface area (Å²) in [5, 5.41) is 8.92. The average Bonchev–Trinajstić information content (AvgIpc) is 3.30. The van der Waals surface area contributed by atoms with E-state index in [-0.39, 0.29) is 29.7 Å². The van der Waals surface area contributed by atoms with Crippen LogP contribution in [-0.4, -0.2) is 30.9 Å². The van der Waals surface area contributed by atoms with E-state index in [0.717, 1.165) is 9.58 Å². The lowest BCUT2D eigenvalue weighted by Gasteiger charge is -2.09. The summed E-state index contributed by atoms with van der Waals surface area (Å²) in [5.74, 6) is 0.0797. The van der Waals surface area contributed by atoms with E-state index in [1.54, 1.807) is 29.3 Å². The van der Waals surface area contributed by atoms with Gasteiger partial charge in [0.2, 0.25) is 11.7 Å². The molecule has 8 nitrogen and oxygen atoms in total. The maximum absolute atomic E-state index is 13.0. The van der Waals surface area contributed by atoms with Crippen molar-refractivity contribution in [1.82, 2.24) is 18.7 Å². The Balaban J connectivity index is 1.75. The Morgan fingerprint density at radius 3 is 2.80 bits per heavy atom. The number of anilines is 1. The Morgan fingerprint density at radius 1 is 1.27 bits per heavy atom. The van der Waals surface area contributed by atoms with Crippen molar-refractivity contribution in [2.24, 2.45) is 5.92 Å². The quantitative estimate of drug-likeness (QED) is 0.463. The van der Waals surface area contributed by atoms with Crippen LogP contribution < -0.4 is 16.6 Å². The van der Waals surface area contributed by atoms with Gasteiger partial charge < -0.3 is 5.32 Å². The van der Waals surface area contributed by atoms with Crippen molar-refractivity contribution < 1.29 is 4.79 Å². The van der Waals surface area contributed by atoms with Crippen molar-refractivity contribution in [2.45, 2.75) is 31.8 Å². The molecule has 0 spiro atoms. The van der Waals surface area contributed by atoms with Crippen LogP contribution in [-0.2, 0) is 17.9 Å². The zero-order valence-electron chi connectivity index (χ0n) is 16.8. The Morgan fingerprint density at radius 2 is 2.07 bits per heavy atom. The Hall–Kier alpha value is -2.85. The van der Waals surface area contributed by atoms with Gasteiger partial charge >= 0.3 is 5.69 Å². The zero-order valence-corrected chi connectivity index (χ0v) is 18.4. The van der Waals surface area contributed by atoms with E-state index in [2.05, 4.69) is 10.4 Å². The van der Waals surface area contributed by atoms with E-state index < -0.39 is 5.69 Å². The summed E-state index contributed by atoms with van der Waals surface area (Å²) >= 11 is 2.87. The molecule has 10 heteroatoms. The van der Waals surface area contributed by atoms with Crippen molar-refractivity contribution in [2.75, 3.05) is 11.6 Å².